The summed E-state index contributed by atoms with van der Waals surface area (Å²) in [7, 11) is 0. The number of nitrogens with two attached hydrogens (primary N) is 1. The van der Waals surface area contributed by atoms with Gasteiger partial charge in [0.25, 0.3) is 0 Å². The number of nitrogen functional groups attached to an aromatic ring is 1. The second kappa shape index (κ2) is 6.92. The molecule has 1 heteroatoms. The lowest BCUT2D eigenvalue weighted by Crippen LogP contribution is -1.99. The fourth-order valence-electron chi connectivity index (χ4n) is 3.22. The Morgan fingerprint density at radius 2 is 1.17 bits per heavy atom. The second-order valence-electron chi connectivity index (χ2n) is 6.55. The van der Waals surface area contributed by atoms with Gasteiger partial charge in [-0.1, -0.05) is 79.1 Å². The van der Waals surface area contributed by atoms with Gasteiger partial charge in [-0.15, -0.1) is 0 Å². The molecule has 1 nitrogen and oxygen atoms in total. The highest BCUT2D eigenvalue weighted by molar-refractivity contribution is 5.93. The van der Waals surface area contributed by atoms with Gasteiger partial charge in [-0.3, -0.25) is 0 Å². The molecule has 2 N–H and O–H groups in total. The van der Waals surface area contributed by atoms with E-state index in [1.54, 1.807) is 0 Å². The van der Waals surface area contributed by atoms with Crippen LogP contribution < -0.4 is 5.73 Å². The Kier molecular flexibility index (Phi) is 4.71. The maximum Gasteiger partial charge on any atom is 0.0400 e. The molecule has 0 aromatic heterocycles. The van der Waals surface area contributed by atoms with Crippen molar-refractivity contribution < 1.29 is 0 Å². The summed E-state index contributed by atoms with van der Waals surface area (Å²) in [5, 5.41) is 0. The number of anilines is 1. The lowest BCUT2D eigenvalue weighted by Gasteiger charge is -2.18. The summed E-state index contributed by atoms with van der Waals surface area (Å²) in [6.07, 6.45) is 2.18. The predicted molar refractivity (Wildman–Crippen MR) is 105 cm³/mol. The van der Waals surface area contributed by atoms with Crippen LogP contribution in [0, 0.1) is 13.8 Å². The van der Waals surface area contributed by atoms with Crippen molar-refractivity contribution in [3.05, 3.63) is 77.4 Å². The Morgan fingerprint density at radius 1 is 0.667 bits per heavy atom. The van der Waals surface area contributed by atoms with Gasteiger partial charge in [-0.25, -0.2) is 0 Å². The third-order valence-electron chi connectivity index (χ3n) is 4.52. The number of benzene rings is 3. The summed E-state index contributed by atoms with van der Waals surface area (Å²) in [4.78, 5) is 0. The molecule has 0 aliphatic carbocycles. The van der Waals surface area contributed by atoms with Crippen LogP contribution in [0.4, 0.5) is 5.69 Å². The van der Waals surface area contributed by atoms with Gasteiger partial charge in [-0.05, 0) is 48.6 Å². The molecule has 3 aromatic rings. The fraction of sp³-hybridized carbons (Fsp3) is 0.217. The minimum Gasteiger partial charge on any atom is -0.398 e. The number of hydrogen-bond acceptors (Lipinski definition) is 1. The average Bonchev–Trinajstić information content (AvgIpc) is 2.58. The normalized spacial score (nSPS) is 10.8. The zero-order valence-corrected chi connectivity index (χ0v) is 14.8. The van der Waals surface area contributed by atoms with Gasteiger partial charge in [0.15, 0.2) is 0 Å². The first kappa shape index (κ1) is 16.3. The van der Waals surface area contributed by atoms with Gasteiger partial charge >= 0.3 is 0 Å². The summed E-state index contributed by atoms with van der Waals surface area (Å²) in [6, 6.07) is 21.7. The van der Waals surface area contributed by atoms with Crippen LogP contribution in [0.5, 0.6) is 0 Å². The van der Waals surface area contributed by atoms with Crippen LogP contribution in [0.25, 0.3) is 22.3 Å². The van der Waals surface area contributed by atoms with E-state index in [0.29, 0.717) is 0 Å². The molecule has 24 heavy (non-hydrogen) atoms. The molecular weight excluding hydrogens is 290 g/mol. The Labute approximate surface area is 145 Å². The maximum atomic E-state index is 6.42. The molecule has 0 atom stereocenters. The van der Waals surface area contributed by atoms with E-state index in [4.69, 9.17) is 5.73 Å². The van der Waals surface area contributed by atoms with E-state index in [1.165, 1.54) is 33.4 Å². The first-order valence-electron chi connectivity index (χ1n) is 8.65. The van der Waals surface area contributed by atoms with E-state index in [9.17, 15) is 0 Å². The zero-order chi connectivity index (χ0) is 17.1. The van der Waals surface area contributed by atoms with E-state index in [-0.39, 0.29) is 0 Å². The SMILES string of the molecule is CCCc1ccc(N)c(-c2ccc(C)cc2)c1-c1ccc(C)cc1. The van der Waals surface area contributed by atoms with E-state index in [0.717, 1.165) is 24.1 Å². The smallest absolute Gasteiger partial charge is 0.0400 e. The summed E-state index contributed by atoms with van der Waals surface area (Å²) in [5.74, 6) is 0. The van der Waals surface area contributed by atoms with Gasteiger partial charge in [0.2, 0.25) is 0 Å². The second-order valence-corrected chi connectivity index (χ2v) is 6.55. The molecule has 0 radical (unpaired) electrons. The maximum absolute atomic E-state index is 6.42. The van der Waals surface area contributed by atoms with Gasteiger partial charge in [-0.2, -0.15) is 0 Å². The average molecular weight is 315 g/mol. The molecule has 0 aliphatic rings. The summed E-state index contributed by atoms with van der Waals surface area (Å²) in [5.41, 5.74) is 16.0. The molecular formula is C23H25N. The highest BCUT2D eigenvalue weighted by Gasteiger charge is 2.15. The Morgan fingerprint density at radius 3 is 1.67 bits per heavy atom. The summed E-state index contributed by atoms with van der Waals surface area (Å²) < 4.78 is 0. The molecule has 0 saturated heterocycles. The molecule has 0 fully saturated rings. The van der Waals surface area contributed by atoms with Gasteiger partial charge in [0.05, 0.1) is 0 Å². The topological polar surface area (TPSA) is 26.0 Å². The third kappa shape index (κ3) is 3.21. The number of aryl methyl sites for hydroxylation is 3. The molecule has 122 valence electrons. The molecule has 0 amide bonds. The van der Waals surface area contributed by atoms with Crippen molar-refractivity contribution in [2.45, 2.75) is 33.6 Å². The molecule has 0 saturated carbocycles. The van der Waals surface area contributed by atoms with E-state index in [1.807, 2.05) is 0 Å². The molecule has 0 spiro atoms. The minimum absolute atomic E-state index is 0.842. The van der Waals surface area contributed by atoms with Crippen molar-refractivity contribution in [1.29, 1.82) is 0 Å². The van der Waals surface area contributed by atoms with E-state index < -0.39 is 0 Å². The zero-order valence-electron chi connectivity index (χ0n) is 14.8. The minimum atomic E-state index is 0.842. The standard InChI is InChI=1S/C23H25N/c1-4-5-18-14-15-21(24)23(20-12-8-17(3)9-13-20)22(18)19-10-6-16(2)7-11-19/h6-15H,4-5,24H2,1-3H3. The molecule has 0 bridgehead atoms. The van der Waals surface area contributed by atoms with Crippen molar-refractivity contribution in [1.82, 2.24) is 0 Å². The first-order chi connectivity index (χ1) is 11.6. The van der Waals surface area contributed by atoms with Crippen LogP contribution in [0.2, 0.25) is 0 Å². The lowest BCUT2D eigenvalue weighted by atomic mass is 9.87. The summed E-state index contributed by atoms with van der Waals surface area (Å²) in [6.45, 7) is 6.46. The van der Waals surface area contributed by atoms with Crippen LogP contribution in [-0.2, 0) is 6.42 Å². The van der Waals surface area contributed by atoms with E-state index in [2.05, 4.69) is 81.4 Å². The van der Waals surface area contributed by atoms with Gasteiger partial charge < -0.3 is 5.73 Å². The summed E-state index contributed by atoms with van der Waals surface area (Å²) >= 11 is 0. The highest BCUT2D eigenvalue weighted by atomic mass is 14.6. The number of hydrogen-bond donors (Lipinski definition) is 1. The Balaban J connectivity index is 2.28. The first-order valence-corrected chi connectivity index (χ1v) is 8.65. The van der Waals surface area contributed by atoms with Crippen LogP contribution in [-0.4, -0.2) is 0 Å². The molecule has 0 heterocycles. The fourth-order valence-corrected chi connectivity index (χ4v) is 3.22. The quantitative estimate of drug-likeness (QED) is 0.572. The van der Waals surface area contributed by atoms with Gasteiger partial charge in [0, 0.05) is 11.3 Å². The number of rotatable bonds is 4. The van der Waals surface area contributed by atoms with Crippen LogP contribution in [0.15, 0.2) is 60.7 Å². The van der Waals surface area contributed by atoms with Crippen molar-refractivity contribution in [3.63, 3.8) is 0 Å². The van der Waals surface area contributed by atoms with Crippen LogP contribution >= 0.6 is 0 Å². The third-order valence-corrected chi connectivity index (χ3v) is 4.52. The van der Waals surface area contributed by atoms with Crippen molar-refractivity contribution >= 4 is 5.69 Å². The molecule has 3 rings (SSSR count). The van der Waals surface area contributed by atoms with Crippen LogP contribution in [0.3, 0.4) is 0 Å². The lowest BCUT2D eigenvalue weighted by molar-refractivity contribution is 0.924. The predicted octanol–water partition coefficient (Wildman–Crippen LogP) is 6.17. The van der Waals surface area contributed by atoms with Crippen LogP contribution in [0.1, 0.15) is 30.0 Å². The van der Waals surface area contributed by atoms with Crippen molar-refractivity contribution in [3.8, 4) is 22.3 Å². The van der Waals surface area contributed by atoms with Crippen molar-refractivity contribution in [2.75, 3.05) is 5.73 Å². The monoisotopic (exact) mass is 315 g/mol. The molecule has 3 aromatic carbocycles. The highest BCUT2D eigenvalue weighted by Crippen LogP contribution is 2.39. The Bertz CT molecular complexity index is 827. The molecule has 0 unspecified atom stereocenters. The van der Waals surface area contributed by atoms with Gasteiger partial charge in [0.1, 0.15) is 0 Å². The largest absolute Gasteiger partial charge is 0.398 e. The van der Waals surface area contributed by atoms with Crippen molar-refractivity contribution in [2.24, 2.45) is 0 Å². The van der Waals surface area contributed by atoms with E-state index >= 15 is 0 Å². The molecule has 0 aliphatic heterocycles. The Hall–Kier alpha value is -2.54.